The molecule has 2 aromatic rings. The van der Waals surface area contributed by atoms with Crippen LogP contribution >= 0.6 is 0 Å². The first-order valence-electron chi connectivity index (χ1n) is 11.6. The molecule has 2 aromatic carbocycles. The number of nitrogens with one attached hydrogen (secondary N) is 1. The van der Waals surface area contributed by atoms with Crippen LogP contribution < -0.4 is 5.32 Å². The molecule has 27 heavy (non-hydrogen) atoms. The lowest BCUT2D eigenvalue weighted by atomic mass is 10.0. The van der Waals surface area contributed by atoms with Crippen LogP contribution in [-0.2, 0) is 0 Å². The van der Waals surface area contributed by atoms with E-state index in [0.29, 0.717) is 0 Å². The van der Waals surface area contributed by atoms with Crippen molar-refractivity contribution in [2.45, 2.75) is 96.8 Å². The summed E-state index contributed by atoms with van der Waals surface area (Å²) in [6.45, 7) is 3.39. The molecule has 0 heterocycles. The van der Waals surface area contributed by atoms with Crippen molar-refractivity contribution in [3.05, 3.63) is 42.5 Å². The minimum absolute atomic E-state index is 1.09. The Kier molecular flexibility index (Phi) is 11.7. The number of fused-ring (bicyclic) bond motifs is 1. The largest absolute Gasteiger partial charge is 0.385 e. The molecule has 0 atom stereocenters. The van der Waals surface area contributed by atoms with Crippen molar-refractivity contribution in [3.8, 4) is 0 Å². The molecule has 0 unspecified atom stereocenters. The van der Waals surface area contributed by atoms with E-state index in [2.05, 4.69) is 54.7 Å². The molecule has 0 aliphatic heterocycles. The number of unbranched alkanes of at least 4 members (excludes halogenated alkanes) is 13. The first-order chi connectivity index (χ1) is 13.4. The summed E-state index contributed by atoms with van der Waals surface area (Å²) in [4.78, 5) is 0. The van der Waals surface area contributed by atoms with Crippen molar-refractivity contribution in [3.63, 3.8) is 0 Å². The Bertz CT molecular complexity index is 604. The van der Waals surface area contributed by atoms with Crippen LogP contribution in [-0.4, -0.2) is 6.54 Å². The molecule has 0 radical (unpaired) electrons. The number of hydrogen-bond donors (Lipinski definition) is 1. The van der Waals surface area contributed by atoms with Gasteiger partial charge in [-0.25, -0.2) is 0 Å². The van der Waals surface area contributed by atoms with E-state index < -0.39 is 0 Å². The fourth-order valence-electron chi connectivity index (χ4n) is 3.85. The molecule has 0 aliphatic rings. The Labute approximate surface area is 168 Å². The van der Waals surface area contributed by atoms with Crippen molar-refractivity contribution < 1.29 is 0 Å². The Morgan fingerprint density at radius 2 is 1.07 bits per heavy atom. The molecule has 0 fully saturated rings. The van der Waals surface area contributed by atoms with Gasteiger partial charge < -0.3 is 5.32 Å². The monoisotopic (exact) mass is 367 g/mol. The first-order valence-corrected chi connectivity index (χ1v) is 11.6. The zero-order chi connectivity index (χ0) is 19.0. The van der Waals surface area contributed by atoms with Gasteiger partial charge in [-0.1, -0.05) is 121 Å². The molecule has 2 rings (SSSR count). The van der Waals surface area contributed by atoms with Crippen LogP contribution in [0.25, 0.3) is 10.8 Å². The third-order valence-electron chi connectivity index (χ3n) is 5.61. The summed E-state index contributed by atoms with van der Waals surface area (Å²) in [6.07, 6.45) is 19.9. The standard InChI is InChI=1S/C26H41N/c1-2-3-4-5-6-7-8-9-10-11-12-13-14-17-22-27-26-21-20-24-18-15-16-19-25(24)23-26/h15-16,18-21,23,27H,2-14,17,22H2,1H3. The van der Waals surface area contributed by atoms with Crippen LogP contribution in [0.5, 0.6) is 0 Å². The lowest BCUT2D eigenvalue weighted by molar-refractivity contribution is 0.537. The summed E-state index contributed by atoms with van der Waals surface area (Å²) in [6, 6.07) is 15.2. The van der Waals surface area contributed by atoms with E-state index in [4.69, 9.17) is 0 Å². The van der Waals surface area contributed by atoms with Gasteiger partial charge in [-0.2, -0.15) is 0 Å². The topological polar surface area (TPSA) is 12.0 Å². The highest BCUT2D eigenvalue weighted by molar-refractivity contribution is 5.85. The summed E-state index contributed by atoms with van der Waals surface area (Å²) < 4.78 is 0. The van der Waals surface area contributed by atoms with Gasteiger partial charge in [0.15, 0.2) is 0 Å². The van der Waals surface area contributed by atoms with Crippen LogP contribution in [0.15, 0.2) is 42.5 Å². The number of hydrogen-bond acceptors (Lipinski definition) is 1. The molecular weight excluding hydrogens is 326 g/mol. The van der Waals surface area contributed by atoms with Gasteiger partial charge in [0.05, 0.1) is 0 Å². The van der Waals surface area contributed by atoms with Crippen molar-refractivity contribution in [1.82, 2.24) is 0 Å². The van der Waals surface area contributed by atoms with Crippen molar-refractivity contribution in [2.75, 3.05) is 11.9 Å². The molecular formula is C26H41N. The van der Waals surface area contributed by atoms with Crippen molar-refractivity contribution >= 4 is 16.5 Å². The van der Waals surface area contributed by atoms with E-state index in [1.165, 1.54) is 106 Å². The van der Waals surface area contributed by atoms with Crippen LogP contribution in [0.2, 0.25) is 0 Å². The van der Waals surface area contributed by atoms with E-state index in [1.807, 2.05) is 0 Å². The molecule has 0 amide bonds. The Balaban J connectivity index is 1.37. The van der Waals surface area contributed by atoms with E-state index >= 15 is 0 Å². The van der Waals surface area contributed by atoms with Crippen molar-refractivity contribution in [2.24, 2.45) is 0 Å². The van der Waals surface area contributed by atoms with E-state index in [9.17, 15) is 0 Å². The highest BCUT2D eigenvalue weighted by atomic mass is 14.9. The molecule has 1 N–H and O–H groups in total. The number of rotatable bonds is 16. The van der Waals surface area contributed by atoms with Gasteiger partial charge in [0.25, 0.3) is 0 Å². The van der Waals surface area contributed by atoms with Crippen LogP contribution in [0, 0.1) is 0 Å². The fraction of sp³-hybridized carbons (Fsp3) is 0.615. The molecule has 0 spiro atoms. The second-order valence-corrected chi connectivity index (χ2v) is 8.08. The Morgan fingerprint density at radius 1 is 0.556 bits per heavy atom. The minimum atomic E-state index is 1.09. The highest BCUT2D eigenvalue weighted by Gasteiger charge is 1.97. The SMILES string of the molecule is CCCCCCCCCCCCCCCCNc1ccc2ccccc2c1. The highest BCUT2D eigenvalue weighted by Crippen LogP contribution is 2.19. The Morgan fingerprint density at radius 3 is 1.67 bits per heavy atom. The second-order valence-electron chi connectivity index (χ2n) is 8.08. The van der Waals surface area contributed by atoms with Crippen molar-refractivity contribution in [1.29, 1.82) is 0 Å². The van der Waals surface area contributed by atoms with Gasteiger partial charge in [0.1, 0.15) is 0 Å². The third kappa shape index (κ3) is 9.84. The lowest BCUT2D eigenvalue weighted by Crippen LogP contribution is -2.01. The fourth-order valence-corrected chi connectivity index (χ4v) is 3.85. The zero-order valence-electron chi connectivity index (χ0n) is 17.6. The summed E-state index contributed by atoms with van der Waals surface area (Å²) in [5.41, 5.74) is 1.25. The van der Waals surface area contributed by atoms with E-state index in [0.717, 1.165) is 6.54 Å². The molecule has 0 saturated heterocycles. The number of anilines is 1. The first kappa shape index (κ1) is 21.8. The average Bonchev–Trinajstić information content (AvgIpc) is 2.71. The normalized spacial score (nSPS) is 11.1. The maximum Gasteiger partial charge on any atom is 0.0346 e. The Hall–Kier alpha value is -1.50. The van der Waals surface area contributed by atoms with Gasteiger partial charge >= 0.3 is 0 Å². The number of benzene rings is 2. The molecule has 0 saturated carbocycles. The second kappa shape index (κ2) is 14.5. The summed E-state index contributed by atoms with van der Waals surface area (Å²) in [5, 5.41) is 6.22. The van der Waals surface area contributed by atoms with Gasteiger partial charge in [-0.05, 0) is 29.3 Å². The lowest BCUT2D eigenvalue weighted by Gasteiger charge is -2.08. The van der Waals surface area contributed by atoms with Gasteiger partial charge in [-0.15, -0.1) is 0 Å². The predicted molar refractivity (Wildman–Crippen MR) is 123 cm³/mol. The summed E-state index contributed by atoms with van der Waals surface area (Å²) in [7, 11) is 0. The van der Waals surface area contributed by atoms with Crippen LogP contribution in [0.1, 0.15) is 96.8 Å². The quantitative estimate of drug-likeness (QED) is 0.292. The molecule has 0 aromatic heterocycles. The van der Waals surface area contributed by atoms with E-state index in [-0.39, 0.29) is 0 Å². The summed E-state index contributed by atoms with van der Waals surface area (Å²) >= 11 is 0. The average molecular weight is 368 g/mol. The van der Waals surface area contributed by atoms with Gasteiger partial charge in [0, 0.05) is 12.2 Å². The summed E-state index contributed by atoms with van der Waals surface area (Å²) in [5.74, 6) is 0. The maximum absolute atomic E-state index is 3.58. The smallest absolute Gasteiger partial charge is 0.0346 e. The predicted octanol–water partition coefficient (Wildman–Crippen LogP) is 8.73. The molecule has 1 heteroatoms. The zero-order valence-corrected chi connectivity index (χ0v) is 17.6. The molecule has 0 aliphatic carbocycles. The van der Waals surface area contributed by atoms with Crippen LogP contribution in [0.3, 0.4) is 0 Å². The van der Waals surface area contributed by atoms with E-state index in [1.54, 1.807) is 0 Å². The van der Waals surface area contributed by atoms with Gasteiger partial charge in [-0.3, -0.25) is 0 Å². The molecule has 150 valence electrons. The molecule has 0 bridgehead atoms. The maximum atomic E-state index is 3.58. The van der Waals surface area contributed by atoms with Gasteiger partial charge in [0.2, 0.25) is 0 Å². The third-order valence-corrected chi connectivity index (χ3v) is 5.61. The van der Waals surface area contributed by atoms with Crippen LogP contribution in [0.4, 0.5) is 5.69 Å². The molecule has 1 nitrogen and oxygen atoms in total. The minimum Gasteiger partial charge on any atom is -0.385 e.